The molecule has 6 heteroatoms. The van der Waals surface area contributed by atoms with E-state index in [1.165, 1.54) is 4.70 Å². The molecule has 2 aromatic rings. The lowest BCUT2D eigenvalue weighted by Gasteiger charge is -2.32. The quantitative estimate of drug-likeness (QED) is 0.910. The highest BCUT2D eigenvalue weighted by Gasteiger charge is 2.23. The number of hydrogen-bond donors (Lipinski definition) is 1. The molecule has 2 heterocycles. The number of aromatic nitrogens is 1. The van der Waals surface area contributed by atoms with Crippen molar-refractivity contribution in [2.24, 2.45) is 5.92 Å². The van der Waals surface area contributed by atoms with Gasteiger partial charge < -0.3 is 15.0 Å². The van der Waals surface area contributed by atoms with Gasteiger partial charge in [0.2, 0.25) is 0 Å². The molecule has 1 saturated heterocycles. The van der Waals surface area contributed by atoms with Crippen LogP contribution in [0.2, 0.25) is 0 Å². The number of amides is 1. The van der Waals surface area contributed by atoms with Crippen molar-refractivity contribution < 1.29 is 9.53 Å². The van der Waals surface area contributed by atoms with Crippen LogP contribution in [-0.4, -0.2) is 36.3 Å². The average Bonchev–Trinajstić information content (AvgIpc) is 2.96. The first-order valence-electron chi connectivity index (χ1n) is 8.48. The van der Waals surface area contributed by atoms with Gasteiger partial charge in [-0.3, -0.25) is 0 Å². The minimum Gasteiger partial charge on any atom is -0.444 e. The predicted molar refractivity (Wildman–Crippen MR) is 98.8 cm³/mol. The minimum atomic E-state index is -0.444. The Balaban J connectivity index is 1.48. The van der Waals surface area contributed by atoms with Gasteiger partial charge in [0.15, 0.2) is 5.13 Å². The molecular weight excluding hydrogens is 322 g/mol. The highest BCUT2D eigenvalue weighted by molar-refractivity contribution is 7.22. The number of benzene rings is 1. The number of alkyl carbamates (subject to hydrolysis) is 1. The number of anilines is 1. The van der Waals surface area contributed by atoms with Crippen LogP contribution in [0, 0.1) is 5.92 Å². The van der Waals surface area contributed by atoms with Crippen molar-refractivity contribution in [1.29, 1.82) is 0 Å². The molecule has 24 heavy (non-hydrogen) atoms. The van der Waals surface area contributed by atoms with Crippen LogP contribution in [0.1, 0.15) is 33.6 Å². The Hall–Kier alpha value is -1.82. The number of para-hydroxylation sites is 1. The van der Waals surface area contributed by atoms with Gasteiger partial charge in [-0.25, -0.2) is 9.78 Å². The zero-order chi connectivity index (χ0) is 17.2. The lowest BCUT2D eigenvalue weighted by molar-refractivity contribution is 0.0517. The van der Waals surface area contributed by atoms with Crippen LogP contribution >= 0.6 is 11.3 Å². The van der Waals surface area contributed by atoms with Gasteiger partial charge in [-0.15, -0.1) is 0 Å². The second-order valence-electron chi connectivity index (χ2n) is 7.28. The number of thiazole rings is 1. The van der Waals surface area contributed by atoms with Crippen LogP contribution in [-0.2, 0) is 4.74 Å². The third kappa shape index (κ3) is 4.38. The van der Waals surface area contributed by atoms with E-state index in [-0.39, 0.29) is 6.09 Å². The number of carbonyl (C=O) groups is 1. The van der Waals surface area contributed by atoms with Crippen LogP contribution in [0.15, 0.2) is 24.3 Å². The summed E-state index contributed by atoms with van der Waals surface area (Å²) in [6.45, 7) is 8.29. The van der Waals surface area contributed by atoms with Crippen molar-refractivity contribution in [2.75, 3.05) is 24.5 Å². The standard InChI is InChI=1S/C18H25N3O2S/c1-18(2,3)23-17(22)19-12-13-8-10-21(11-9-13)16-20-14-6-4-5-7-15(14)24-16/h4-7,13H,8-12H2,1-3H3,(H,19,22). The Bertz CT molecular complexity index is 667. The van der Waals surface area contributed by atoms with Crippen molar-refractivity contribution >= 4 is 32.8 Å². The molecular formula is C18H25N3O2S. The Morgan fingerprint density at radius 2 is 2.04 bits per heavy atom. The number of hydrogen-bond acceptors (Lipinski definition) is 5. The van der Waals surface area contributed by atoms with Crippen LogP contribution in [0.4, 0.5) is 9.93 Å². The molecule has 1 aromatic carbocycles. The van der Waals surface area contributed by atoms with Gasteiger partial charge in [-0.05, 0) is 51.7 Å². The van der Waals surface area contributed by atoms with Crippen LogP contribution in [0.25, 0.3) is 10.2 Å². The summed E-state index contributed by atoms with van der Waals surface area (Å²) in [5.74, 6) is 0.503. The van der Waals surface area contributed by atoms with Crippen molar-refractivity contribution in [3.05, 3.63) is 24.3 Å². The molecule has 0 unspecified atom stereocenters. The first-order valence-corrected chi connectivity index (χ1v) is 9.30. The van der Waals surface area contributed by atoms with E-state index in [0.717, 1.165) is 36.6 Å². The lowest BCUT2D eigenvalue weighted by Crippen LogP contribution is -2.40. The molecule has 1 aliphatic rings. The van der Waals surface area contributed by atoms with Crippen molar-refractivity contribution in [1.82, 2.24) is 10.3 Å². The van der Waals surface area contributed by atoms with E-state index in [4.69, 9.17) is 9.72 Å². The van der Waals surface area contributed by atoms with E-state index < -0.39 is 5.60 Å². The second kappa shape index (κ2) is 6.97. The SMILES string of the molecule is CC(C)(C)OC(=O)NCC1CCN(c2nc3ccccc3s2)CC1. The summed E-state index contributed by atoms with van der Waals surface area (Å²) < 4.78 is 6.52. The van der Waals surface area contributed by atoms with E-state index in [0.29, 0.717) is 12.5 Å². The molecule has 0 aliphatic carbocycles. The van der Waals surface area contributed by atoms with Crippen molar-refractivity contribution in [3.8, 4) is 0 Å². The Morgan fingerprint density at radius 3 is 2.71 bits per heavy atom. The Morgan fingerprint density at radius 1 is 1.33 bits per heavy atom. The minimum absolute atomic E-state index is 0.323. The van der Waals surface area contributed by atoms with Gasteiger partial charge in [-0.2, -0.15) is 0 Å². The summed E-state index contributed by atoms with van der Waals surface area (Å²) in [5, 5.41) is 4.00. The fourth-order valence-corrected chi connectivity index (χ4v) is 3.88. The monoisotopic (exact) mass is 347 g/mol. The van der Waals surface area contributed by atoms with E-state index >= 15 is 0 Å². The zero-order valence-electron chi connectivity index (χ0n) is 14.5. The zero-order valence-corrected chi connectivity index (χ0v) is 15.4. The maximum absolute atomic E-state index is 11.7. The molecule has 0 saturated carbocycles. The first-order chi connectivity index (χ1) is 11.4. The molecule has 130 valence electrons. The number of nitrogens with zero attached hydrogens (tertiary/aromatic N) is 2. The highest BCUT2D eigenvalue weighted by Crippen LogP contribution is 2.31. The molecule has 1 aromatic heterocycles. The summed E-state index contributed by atoms with van der Waals surface area (Å²) in [6.07, 6.45) is 1.80. The van der Waals surface area contributed by atoms with Gasteiger partial charge in [0, 0.05) is 19.6 Å². The predicted octanol–water partition coefficient (Wildman–Crippen LogP) is 4.04. The average molecular weight is 347 g/mol. The maximum Gasteiger partial charge on any atom is 0.407 e. The molecule has 1 N–H and O–H groups in total. The molecule has 0 spiro atoms. The molecule has 0 atom stereocenters. The topological polar surface area (TPSA) is 54.5 Å². The molecule has 1 aliphatic heterocycles. The lowest BCUT2D eigenvalue weighted by atomic mass is 9.97. The number of ether oxygens (including phenoxy) is 1. The van der Waals surface area contributed by atoms with Crippen molar-refractivity contribution in [2.45, 2.75) is 39.2 Å². The third-order valence-corrected chi connectivity index (χ3v) is 5.20. The second-order valence-corrected chi connectivity index (χ2v) is 8.29. The number of fused-ring (bicyclic) bond motifs is 1. The molecule has 1 amide bonds. The molecule has 0 radical (unpaired) electrons. The van der Waals surface area contributed by atoms with Gasteiger partial charge in [0.25, 0.3) is 0 Å². The number of rotatable bonds is 3. The maximum atomic E-state index is 11.7. The Kier molecular flexibility index (Phi) is 4.94. The van der Waals surface area contributed by atoms with E-state index in [1.54, 1.807) is 11.3 Å². The fraction of sp³-hybridized carbons (Fsp3) is 0.556. The molecule has 5 nitrogen and oxygen atoms in total. The van der Waals surface area contributed by atoms with E-state index in [2.05, 4.69) is 28.4 Å². The molecule has 3 rings (SSSR count). The highest BCUT2D eigenvalue weighted by atomic mass is 32.1. The number of nitrogens with one attached hydrogen (secondary N) is 1. The number of piperidine rings is 1. The summed E-state index contributed by atoms with van der Waals surface area (Å²) in [4.78, 5) is 18.8. The third-order valence-electron chi connectivity index (χ3n) is 4.10. The van der Waals surface area contributed by atoms with Gasteiger partial charge in [-0.1, -0.05) is 23.5 Å². The summed E-state index contributed by atoms with van der Waals surface area (Å²) in [6, 6.07) is 8.26. The van der Waals surface area contributed by atoms with Crippen LogP contribution in [0.5, 0.6) is 0 Å². The van der Waals surface area contributed by atoms with Gasteiger partial charge in [0.1, 0.15) is 5.60 Å². The fourth-order valence-electron chi connectivity index (χ4n) is 2.87. The summed E-state index contributed by atoms with van der Waals surface area (Å²) >= 11 is 1.75. The number of carbonyl (C=O) groups excluding carboxylic acids is 1. The molecule has 1 fully saturated rings. The van der Waals surface area contributed by atoms with Crippen molar-refractivity contribution in [3.63, 3.8) is 0 Å². The smallest absolute Gasteiger partial charge is 0.407 e. The molecule has 0 bridgehead atoms. The summed E-state index contributed by atoms with van der Waals surface area (Å²) in [5.41, 5.74) is 0.631. The van der Waals surface area contributed by atoms with E-state index in [9.17, 15) is 4.79 Å². The Labute approximate surface area is 147 Å². The van der Waals surface area contributed by atoms with Crippen LogP contribution < -0.4 is 10.2 Å². The van der Waals surface area contributed by atoms with E-state index in [1.807, 2.05) is 26.8 Å². The van der Waals surface area contributed by atoms with Gasteiger partial charge >= 0.3 is 6.09 Å². The van der Waals surface area contributed by atoms with Gasteiger partial charge in [0.05, 0.1) is 10.2 Å². The largest absolute Gasteiger partial charge is 0.444 e. The normalized spacial score (nSPS) is 16.4. The summed E-state index contributed by atoms with van der Waals surface area (Å²) in [7, 11) is 0. The van der Waals surface area contributed by atoms with Crippen LogP contribution in [0.3, 0.4) is 0 Å². The first kappa shape index (κ1) is 17.0.